The predicted octanol–water partition coefficient (Wildman–Crippen LogP) is 2.70. The first-order valence-corrected chi connectivity index (χ1v) is 8.64. The van der Waals surface area contributed by atoms with Crippen LogP contribution in [-0.2, 0) is 9.84 Å². The van der Waals surface area contributed by atoms with Gasteiger partial charge in [0.2, 0.25) is 0 Å². The molecule has 0 saturated heterocycles. The Morgan fingerprint density at radius 1 is 1.35 bits per heavy atom. The van der Waals surface area contributed by atoms with E-state index in [0.29, 0.717) is 15.6 Å². The average Bonchev–Trinajstić information content (AvgIpc) is 2.91. The van der Waals surface area contributed by atoms with Gasteiger partial charge in [-0.05, 0) is 42.7 Å². The second kappa shape index (κ2) is 6.75. The Balaban J connectivity index is 2.40. The second-order valence-electron chi connectivity index (χ2n) is 4.18. The van der Waals surface area contributed by atoms with Gasteiger partial charge in [-0.2, -0.15) is 20.0 Å². The van der Waals surface area contributed by atoms with E-state index in [-0.39, 0.29) is 5.56 Å². The fourth-order valence-corrected chi connectivity index (χ4v) is 3.71. The van der Waals surface area contributed by atoms with E-state index < -0.39 is 19.9 Å². The number of hydrogen-bond acceptors (Lipinski definition) is 8. The van der Waals surface area contributed by atoms with Crippen molar-refractivity contribution in [2.75, 3.05) is 5.43 Å². The van der Waals surface area contributed by atoms with E-state index in [9.17, 15) is 8.42 Å². The van der Waals surface area contributed by atoms with Crippen molar-refractivity contribution in [3.8, 4) is 12.1 Å². The highest BCUT2D eigenvalue weighted by atomic mass is 35.5. The minimum absolute atomic E-state index is 0.0792. The van der Waals surface area contributed by atoms with Crippen LogP contribution in [0.25, 0.3) is 0 Å². The van der Waals surface area contributed by atoms with Gasteiger partial charge in [0.1, 0.15) is 17.7 Å². The first-order valence-electron chi connectivity index (χ1n) is 6.01. The van der Waals surface area contributed by atoms with E-state index in [0.717, 1.165) is 11.5 Å². The lowest BCUT2D eigenvalue weighted by Gasteiger charge is -2.02. The molecule has 0 amide bonds. The highest BCUT2D eigenvalue weighted by molar-refractivity contribution is 8.07. The fourth-order valence-electron chi connectivity index (χ4n) is 1.54. The maximum absolute atomic E-state index is 12.4. The number of aryl methyl sites for hydroxylation is 1. The molecule has 0 aliphatic carbocycles. The van der Waals surface area contributed by atoms with Crippen molar-refractivity contribution in [2.45, 2.75) is 11.9 Å². The Labute approximate surface area is 141 Å². The summed E-state index contributed by atoms with van der Waals surface area (Å²) < 4.78 is 28.6. The normalized spacial score (nSPS) is 11.6. The number of sulfone groups is 1. The van der Waals surface area contributed by atoms with Gasteiger partial charge in [-0.1, -0.05) is 11.6 Å². The standard InChI is InChI=1S/C13H8ClN5O2S2/c1-8-11(6-15)13(19-22-8)23(20,21)12(7-16)18-17-10-4-2-9(14)3-5-10/h2-5,17H,1H3/b18-12+. The van der Waals surface area contributed by atoms with Crippen LogP contribution >= 0.6 is 23.1 Å². The van der Waals surface area contributed by atoms with Crippen molar-refractivity contribution in [1.82, 2.24) is 4.37 Å². The van der Waals surface area contributed by atoms with Crippen molar-refractivity contribution in [1.29, 1.82) is 10.5 Å². The number of nitrogens with zero attached hydrogens (tertiary/aromatic N) is 4. The van der Waals surface area contributed by atoms with E-state index in [1.807, 2.05) is 0 Å². The smallest absolute Gasteiger partial charge is 0.258 e. The van der Waals surface area contributed by atoms with Crippen LogP contribution in [0.15, 0.2) is 34.4 Å². The van der Waals surface area contributed by atoms with Crippen LogP contribution in [0.1, 0.15) is 10.4 Å². The number of anilines is 1. The monoisotopic (exact) mass is 365 g/mol. The number of halogens is 1. The Bertz CT molecular complexity index is 950. The van der Waals surface area contributed by atoms with Gasteiger partial charge < -0.3 is 0 Å². The lowest BCUT2D eigenvalue weighted by Crippen LogP contribution is -2.16. The van der Waals surface area contributed by atoms with Crippen LogP contribution < -0.4 is 5.43 Å². The number of nitrogens with one attached hydrogen (secondary N) is 1. The molecule has 2 aromatic rings. The van der Waals surface area contributed by atoms with Gasteiger partial charge in [0, 0.05) is 9.90 Å². The zero-order valence-corrected chi connectivity index (χ0v) is 14.0. The largest absolute Gasteiger partial charge is 0.277 e. The van der Waals surface area contributed by atoms with Gasteiger partial charge in [-0.15, -0.1) is 0 Å². The van der Waals surface area contributed by atoms with E-state index >= 15 is 0 Å². The third-order valence-corrected chi connectivity index (χ3v) is 5.29. The molecule has 2 rings (SSSR count). The molecule has 1 aromatic heterocycles. The molecule has 10 heteroatoms. The number of hydrazone groups is 1. The summed E-state index contributed by atoms with van der Waals surface area (Å²) in [7, 11) is -4.27. The van der Waals surface area contributed by atoms with Crippen LogP contribution in [0, 0.1) is 29.6 Å². The maximum Gasteiger partial charge on any atom is 0.258 e. The molecule has 23 heavy (non-hydrogen) atoms. The third-order valence-electron chi connectivity index (χ3n) is 2.68. The topological polar surface area (TPSA) is 119 Å². The molecule has 116 valence electrons. The second-order valence-corrected chi connectivity index (χ2v) is 7.38. The van der Waals surface area contributed by atoms with Gasteiger partial charge in [-0.25, -0.2) is 8.42 Å². The summed E-state index contributed by atoms with van der Waals surface area (Å²) in [5.74, 6) is 0. The number of nitriles is 2. The zero-order valence-electron chi connectivity index (χ0n) is 11.6. The van der Waals surface area contributed by atoms with Gasteiger partial charge in [0.05, 0.1) is 5.69 Å². The molecule has 1 N–H and O–H groups in total. The summed E-state index contributed by atoms with van der Waals surface area (Å²) in [5.41, 5.74) is 2.84. The van der Waals surface area contributed by atoms with Crippen LogP contribution in [0.4, 0.5) is 5.69 Å². The lowest BCUT2D eigenvalue weighted by atomic mass is 10.3. The van der Waals surface area contributed by atoms with Crippen molar-refractivity contribution in [3.05, 3.63) is 39.7 Å². The van der Waals surface area contributed by atoms with Gasteiger partial charge in [-0.3, -0.25) is 5.43 Å². The molecule has 0 aliphatic heterocycles. The van der Waals surface area contributed by atoms with Crippen molar-refractivity contribution in [3.63, 3.8) is 0 Å². The summed E-state index contributed by atoms with van der Waals surface area (Å²) in [6, 6.07) is 9.59. The molecule has 0 bridgehead atoms. The first kappa shape index (κ1) is 16.9. The van der Waals surface area contributed by atoms with Crippen molar-refractivity contribution >= 4 is 43.7 Å². The van der Waals surface area contributed by atoms with E-state index in [4.69, 9.17) is 22.1 Å². The number of benzene rings is 1. The van der Waals surface area contributed by atoms with E-state index in [1.165, 1.54) is 6.07 Å². The summed E-state index contributed by atoms with van der Waals surface area (Å²) in [5, 5.41) is 21.0. The van der Waals surface area contributed by atoms with E-state index in [1.54, 1.807) is 37.3 Å². The molecule has 1 heterocycles. The fraction of sp³-hybridized carbons (Fsp3) is 0.0769. The molecule has 0 fully saturated rings. The van der Waals surface area contributed by atoms with Crippen molar-refractivity contribution in [2.24, 2.45) is 5.10 Å². The predicted molar refractivity (Wildman–Crippen MR) is 86.9 cm³/mol. The quantitative estimate of drug-likeness (QED) is 0.507. The molecule has 0 atom stereocenters. The number of hydrogen-bond donors (Lipinski definition) is 1. The summed E-state index contributed by atoms with van der Waals surface area (Å²) in [4.78, 5) is 0.453. The minimum Gasteiger partial charge on any atom is -0.277 e. The van der Waals surface area contributed by atoms with Crippen LogP contribution in [0.5, 0.6) is 0 Å². The molecule has 0 aliphatic rings. The summed E-state index contributed by atoms with van der Waals surface area (Å²) >= 11 is 6.62. The molecule has 0 saturated carbocycles. The summed E-state index contributed by atoms with van der Waals surface area (Å²) in [6.45, 7) is 1.57. The first-order chi connectivity index (χ1) is 10.9. The Hall–Kier alpha value is -2.46. The highest BCUT2D eigenvalue weighted by Gasteiger charge is 2.30. The SMILES string of the molecule is Cc1snc(S(=O)(=O)/C(C#N)=N/Nc2ccc(Cl)cc2)c1C#N. The number of aromatic nitrogens is 1. The van der Waals surface area contributed by atoms with Crippen LogP contribution in [-0.4, -0.2) is 17.8 Å². The Morgan fingerprint density at radius 3 is 2.57 bits per heavy atom. The minimum atomic E-state index is -4.27. The van der Waals surface area contributed by atoms with Crippen molar-refractivity contribution < 1.29 is 8.42 Å². The van der Waals surface area contributed by atoms with E-state index in [2.05, 4.69) is 14.9 Å². The Kier molecular flexibility index (Phi) is 4.96. The molecule has 1 aromatic carbocycles. The van der Waals surface area contributed by atoms with Gasteiger partial charge in [0.15, 0.2) is 5.03 Å². The Morgan fingerprint density at radius 2 is 2.00 bits per heavy atom. The van der Waals surface area contributed by atoms with Crippen LogP contribution in [0.2, 0.25) is 5.02 Å². The lowest BCUT2D eigenvalue weighted by molar-refractivity contribution is 0.605. The highest BCUT2D eigenvalue weighted by Crippen LogP contribution is 2.23. The van der Waals surface area contributed by atoms with Gasteiger partial charge >= 0.3 is 0 Å². The van der Waals surface area contributed by atoms with Gasteiger partial charge in [0.25, 0.3) is 14.9 Å². The average molecular weight is 366 g/mol. The zero-order chi connectivity index (χ0) is 17.0. The molecular formula is C13H8ClN5O2S2. The van der Waals surface area contributed by atoms with Crippen LogP contribution in [0.3, 0.4) is 0 Å². The molecule has 0 unspecified atom stereocenters. The molecular weight excluding hydrogens is 358 g/mol. The summed E-state index contributed by atoms with van der Waals surface area (Å²) in [6.07, 6.45) is 0. The molecule has 0 radical (unpaired) electrons. The third kappa shape index (κ3) is 3.48. The number of rotatable bonds is 3. The molecule has 0 spiro atoms. The maximum atomic E-state index is 12.4. The molecule has 7 nitrogen and oxygen atoms in total.